The van der Waals surface area contributed by atoms with Crippen molar-refractivity contribution in [3.8, 4) is 5.75 Å². The molecule has 24 heavy (non-hydrogen) atoms. The molecule has 4 nitrogen and oxygen atoms in total. The second kappa shape index (κ2) is 9.88. The molecular weight excluding hydrogens is 433 g/mol. The number of nitrogens with one attached hydrogen (secondary N) is 2. The molecular formula is C18H26IN3OS. The Morgan fingerprint density at radius 3 is 2.62 bits per heavy atom. The zero-order valence-electron chi connectivity index (χ0n) is 14.4. The predicted molar refractivity (Wildman–Crippen MR) is 114 cm³/mol. The number of benzene rings is 1. The first-order valence-electron chi connectivity index (χ1n) is 7.85. The Bertz CT molecular complexity index is 641. The van der Waals surface area contributed by atoms with E-state index in [4.69, 9.17) is 0 Å². The molecule has 2 aromatic rings. The van der Waals surface area contributed by atoms with Gasteiger partial charge in [-0.05, 0) is 36.1 Å². The van der Waals surface area contributed by atoms with Crippen molar-refractivity contribution in [2.75, 3.05) is 13.1 Å². The van der Waals surface area contributed by atoms with Crippen LogP contribution >= 0.6 is 35.3 Å². The van der Waals surface area contributed by atoms with Crippen molar-refractivity contribution in [2.24, 2.45) is 4.99 Å². The van der Waals surface area contributed by atoms with Crippen LogP contribution < -0.4 is 10.6 Å². The lowest BCUT2D eigenvalue weighted by atomic mass is 9.91. The fraction of sp³-hybridized carbons (Fsp3) is 0.389. The maximum absolute atomic E-state index is 9.52. The molecule has 0 atom stereocenters. The quantitative estimate of drug-likeness (QED) is 0.346. The van der Waals surface area contributed by atoms with Crippen LogP contribution in [0.3, 0.4) is 0 Å². The monoisotopic (exact) mass is 459 g/mol. The highest BCUT2D eigenvalue weighted by Crippen LogP contribution is 2.26. The van der Waals surface area contributed by atoms with Gasteiger partial charge in [0.25, 0.3) is 0 Å². The van der Waals surface area contributed by atoms with Crippen molar-refractivity contribution >= 4 is 41.3 Å². The number of phenols is 1. The summed E-state index contributed by atoms with van der Waals surface area (Å²) in [6.45, 7) is 8.65. The molecule has 1 aromatic carbocycles. The Balaban J connectivity index is 0.00000288. The van der Waals surface area contributed by atoms with Crippen LogP contribution in [-0.4, -0.2) is 24.2 Å². The normalized spacial score (nSPS) is 11.7. The summed E-state index contributed by atoms with van der Waals surface area (Å²) in [6, 6.07) is 11.5. The van der Waals surface area contributed by atoms with E-state index < -0.39 is 0 Å². The molecule has 0 bridgehead atoms. The Morgan fingerprint density at radius 2 is 2.00 bits per heavy atom. The molecule has 0 unspecified atom stereocenters. The van der Waals surface area contributed by atoms with E-state index in [-0.39, 0.29) is 35.1 Å². The van der Waals surface area contributed by atoms with Gasteiger partial charge in [-0.25, -0.2) is 4.99 Å². The molecule has 0 radical (unpaired) electrons. The van der Waals surface area contributed by atoms with Gasteiger partial charge in [0.1, 0.15) is 5.75 Å². The molecule has 132 valence electrons. The lowest BCUT2D eigenvalue weighted by molar-refractivity contribution is 0.474. The summed E-state index contributed by atoms with van der Waals surface area (Å²) in [5, 5.41) is 18.3. The first-order valence-corrected chi connectivity index (χ1v) is 8.73. The largest absolute Gasteiger partial charge is 0.508 e. The maximum Gasteiger partial charge on any atom is 0.191 e. The van der Waals surface area contributed by atoms with E-state index in [0.29, 0.717) is 6.54 Å². The van der Waals surface area contributed by atoms with Gasteiger partial charge in [-0.15, -0.1) is 35.3 Å². The minimum atomic E-state index is 0. The molecule has 0 fully saturated rings. The summed E-state index contributed by atoms with van der Waals surface area (Å²) >= 11 is 1.78. The van der Waals surface area contributed by atoms with Crippen LogP contribution in [0.5, 0.6) is 5.75 Å². The van der Waals surface area contributed by atoms with Gasteiger partial charge in [-0.3, -0.25) is 0 Å². The van der Waals surface area contributed by atoms with Crippen molar-refractivity contribution in [2.45, 2.75) is 32.7 Å². The van der Waals surface area contributed by atoms with Crippen molar-refractivity contribution in [1.82, 2.24) is 10.6 Å². The Labute approximate surface area is 165 Å². The standard InChI is InChI=1S/C18H25N3OS.HI/c1-4-19-17(20-12-14-7-5-8-15(22)11-14)21-13-18(2,3)16-9-6-10-23-16;/h5-11,22H,4,12-13H2,1-3H3,(H2,19,20,21);1H. The third-order valence-electron chi connectivity index (χ3n) is 3.56. The number of phenolic OH excluding ortho intramolecular Hbond substituents is 1. The summed E-state index contributed by atoms with van der Waals surface area (Å²) in [6.07, 6.45) is 0. The molecule has 1 heterocycles. The van der Waals surface area contributed by atoms with E-state index in [0.717, 1.165) is 24.6 Å². The van der Waals surface area contributed by atoms with Crippen molar-refractivity contribution in [1.29, 1.82) is 0 Å². The zero-order chi connectivity index (χ0) is 16.7. The molecule has 0 saturated heterocycles. The minimum Gasteiger partial charge on any atom is -0.508 e. The number of thiophene rings is 1. The van der Waals surface area contributed by atoms with Crippen LogP contribution in [0.1, 0.15) is 31.2 Å². The first-order chi connectivity index (χ1) is 11.0. The second-order valence-corrected chi connectivity index (χ2v) is 7.03. The van der Waals surface area contributed by atoms with Crippen LogP contribution in [0, 0.1) is 0 Å². The smallest absolute Gasteiger partial charge is 0.191 e. The summed E-state index contributed by atoms with van der Waals surface area (Å²) in [5.74, 6) is 1.06. The molecule has 0 amide bonds. The van der Waals surface area contributed by atoms with Gasteiger partial charge in [0.15, 0.2) is 5.96 Å². The van der Waals surface area contributed by atoms with Gasteiger partial charge in [-0.2, -0.15) is 0 Å². The zero-order valence-corrected chi connectivity index (χ0v) is 17.5. The third-order valence-corrected chi connectivity index (χ3v) is 4.80. The average molecular weight is 459 g/mol. The van der Waals surface area contributed by atoms with Gasteiger partial charge in [-0.1, -0.05) is 32.0 Å². The summed E-state index contributed by atoms with van der Waals surface area (Å²) in [5.41, 5.74) is 1.04. The molecule has 3 N–H and O–H groups in total. The average Bonchev–Trinajstić information content (AvgIpc) is 3.05. The van der Waals surface area contributed by atoms with E-state index in [9.17, 15) is 5.11 Å². The summed E-state index contributed by atoms with van der Waals surface area (Å²) in [4.78, 5) is 5.95. The number of guanidine groups is 1. The predicted octanol–water partition coefficient (Wildman–Crippen LogP) is 4.10. The number of aliphatic imine (C=N–C) groups is 1. The van der Waals surface area contributed by atoms with Crippen LogP contribution in [0.2, 0.25) is 0 Å². The van der Waals surface area contributed by atoms with Crippen LogP contribution in [0.15, 0.2) is 46.8 Å². The van der Waals surface area contributed by atoms with Crippen LogP contribution in [0.25, 0.3) is 0 Å². The Morgan fingerprint density at radius 1 is 1.21 bits per heavy atom. The number of rotatable bonds is 6. The highest BCUT2D eigenvalue weighted by atomic mass is 127. The molecule has 1 aromatic heterocycles. The third kappa shape index (κ3) is 6.32. The number of nitrogens with zero attached hydrogens (tertiary/aromatic N) is 1. The van der Waals surface area contributed by atoms with E-state index in [1.807, 2.05) is 12.1 Å². The minimum absolute atomic E-state index is 0. The SMILES string of the molecule is CCNC(=NCc1cccc(O)c1)NCC(C)(C)c1cccs1.I. The maximum atomic E-state index is 9.52. The Kier molecular flexibility index (Phi) is 8.55. The lowest BCUT2D eigenvalue weighted by Crippen LogP contribution is -2.43. The molecule has 6 heteroatoms. The molecule has 0 aliphatic carbocycles. The van der Waals surface area contributed by atoms with E-state index >= 15 is 0 Å². The highest BCUT2D eigenvalue weighted by Gasteiger charge is 2.21. The van der Waals surface area contributed by atoms with Gasteiger partial charge in [0.05, 0.1) is 6.54 Å². The fourth-order valence-corrected chi connectivity index (χ4v) is 3.07. The van der Waals surface area contributed by atoms with Crippen molar-refractivity contribution in [3.63, 3.8) is 0 Å². The van der Waals surface area contributed by atoms with Crippen LogP contribution in [-0.2, 0) is 12.0 Å². The molecule has 0 aliphatic rings. The highest BCUT2D eigenvalue weighted by molar-refractivity contribution is 14.0. The number of aromatic hydroxyl groups is 1. The van der Waals surface area contributed by atoms with E-state index in [1.54, 1.807) is 23.5 Å². The van der Waals surface area contributed by atoms with Gasteiger partial charge in [0, 0.05) is 23.4 Å². The van der Waals surface area contributed by atoms with Crippen molar-refractivity contribution < 1.29 is 5.11 Å². The van der Waals surface area contributed by atoms with E-state index in [1.165, 1.54) is 4.88 Å². The first kappa shape index (κ1) is 20.8. The Hall–Kier alpha value is -1.28. The number of hydrogen-bond donors (Lipinski definition) is 3. The van der Waals surface area contributed by atoms with Crippen molar-refractivity contribution in [3.05, 3.63) is 52.2 Å². The summed E-state index contributed by atoms with van der Waals surface area (Å²) in [7, 11) is 0. The van der Waals surface area contributed by atoms with E-state index in [2.05, 4.69) is 53.9 Å². The molecule has 2 rings (SSSR count). The fourth-order valence-electron chi connectivity index (χ4n) is 2.22. The van der Waals surface area contributed by atoms with Crippen LogP contribution in [0.4, 0.5) is 0 Å². The topological polar surface area (TPSA) is 56.7 Å². The second-order valence-electron chi connectivity index (χ2n) is 6.08. The van der Waals surface area contributed by atoms with Gasteiger partial charge in [0.2, 0.25) is 0 Å². The number of halogens is 1. The molecule has 0 saturated carbocycles. The summed E-state index contributed by atoms with van der Waals surface area (Å²) < 4.78 is 0. The van der Waals surface area contributed by atoms with Gasteiger partial charge < -0.3 is 15.7 Å². The molecule has 0 aliphatic heterocycles. The van der Waals surface area contributed by atoms with Gasteiger partial charge >= 0.3 is 0 Å². The molecule has 0 spiro atoms. The lowest BCUT2D eigenvalue weighted by Gasteiger charge is -2.25. The number of hydrogen-bond acceptors (Lipinski definition) is 3.